The Morgan fingerprint density at radius 1 is 1.39 bits per heavy atom. The normalized spacial score (nSPS) is 13.3. The van der Waals surface area contributed by atoms with E-state index in [1.165, 1.54) is 4.31 Å². The van der Waals surface area contributed by atoms with Gasteiger partial charge >= 0.3 is 0 Å². The largest absolute Gasteiger partial charge is 0.218 e. The monoisotopic (exact) mass is 266 g/mol. The van der Waals surface area contributed by atoms with E-state index < -0.39 is 10.0 Å². The number of sulfonamides is 1. The predicted octanol–water partition coefficient (Wildman–Crippen LogP) is 2.12. The lowest BCUT2D eigenvalue weighted by atomic mass is 10.1. The molecule has 0 aliphatic heterocycles. The van der Waals surface area contributed by atoms with Crippen LogP contribution in [0.5, 0.6) is 0 Å². The molecule has 0 aromatic heterocycles. The highest BCUT2D eigenvalue weighted by Gasteiger charge is 2.23. The zero-order chi connectivity index (χ0) is 13.8. The summed E-state index contributed by atoms with van der Waals surface area (Å²) in [7, 11) is -1.79. The van der Waals surface area contributed by atoms with E-state index in [-0.39, 0.29) is 11.8 Å². The summed E-state index contributed by atoms with van der Waals surface area (Å²) in [5, 5.41) is 8.95. The minimum absolute atomic E-state index is 0.0377. The van der Waals surface area contributed by atoms with Gasteiger partial charge in [0.15, 0.2) is 0 Å². The lowest BCUT2D eigenvalue weighted by Gasteiger charge is -2.23. The molecule has 1 atom stereocenters. The zero-order valence-electron chi connectivity index (χ0n) is 10.9. The molecule has 0 spiro atoms. The van der Waals surface area contributed by atoms with E-state index in [0.717, 1.165) is 6.42 Å². The van der Waals surface area contributed by atoms with Crippen molar-refractivity contribution in [3.8, 4) is 6.07 Å². The second kappa shape index (κ2) is 5.98. The number of hydrogen-bond acceptors (Lipinski definition) is 3. The van der Waals surface area contributed by atoms with E-state index in [2.05, 4.69) is 0 Å². The van der Waals surface area contributed by atoms with E-state index >= 15 is 0 Å². The summed E-state index contributed by atoms with van der Waals surface area (Å²) in [6.07, 6.45) is 0.760. The first-order valence-corrected chi connectivity index (χ1v) is 7.47. The fourth-order valence-corrected chi connectivity index (χ4v) is 3.13. The third-order valence-corrected chi connectivity index (χ3v) is 5.04. The molecule has 0 saturated carbocycles. The Labute approximate surface area is 109 Å². The Kier molecular flexibility index (Phi) is 4.88. The van der Waals surface area contributed by atoms with Crippen molar-refractivity contribution in [2.75, 3.05) is 7.05 Å². The molecule has 1 rings (SSSR count). The maximum Gasteiger partial charge on any atom is 0.218 e. The lowest BCUT2D eigenvalue weighted by Crippen LogP contribution is -2.35. The molecule has 5 heteroatoms. The van der Waals surface area contributed by atoms with Crippen LogP contribution in [0.3, 0.4) is 0 Å². The molecule has 0 fully saturated rings. The molecule has 0 N–H and O–H groups in total. The molecular weight excluding hydrogens is 248 g/mol. The van der Waals surface area contributed by atoms with Crippen molar-refractivity contribution in [1.29, 1.82) is 5.26 Å². The van der Waals surface area contributed by atoms with Crippen molar-refractivity contribution in [3.05, 3.63) is 35.4 Å². The number of benzene rings is 1. The standard InChI is InChI=1S/C13H18N2O2S/c1-4-11(2)15(3)18(16,17)10-13-8-6-5-7-12(13)9-14/h5-8,11H,4,10H2,1-3H3. The quantitative estimate of drug-likeness (QED) is 0.820. The van der Waals surface area contributed by atoms with Crippen LogP contribution in [0, 0.1) is 11.3 Å². The fraction of sp³-hybridized carbons (Fsp3) is 0.462. The van der Waals surface area contributed by atoms with Crippen molar-refractivity contribution in [3.63, 3.8) is 0 Å². The molecule has 0 aliphatic rings. The van der Waals surface area contributed by atoms with Gasteiger partial charge in [0.2, 0.25) is 10.0 Å². The number of nitriles is 1. The van der Waals surface area contributed by atoms with Crippen LogP contribution in [0.4, 0.5) is 0 Å². The molecule has 0 radical (unpaired) electrons. The molecule has 0 amide bonds. The summed E-state index contributed by atoms with van der Waals surface area (Å²) in [5.41, 5.74) is 0.966. The predicted molar refractivity (Wildman–Crippen MR) is 71.3 cm³/mol. The van der Waals surface area contributed by atoms with Gasteiger partial charge in [-0.3, -0.25) is 0 Å². The molecule has 1 unspecified atom stereocenters. The molecular formula is C13H18N2O2S. The lowest BCUT2D eigenvalue weighted by molar-refractivity contribution is 0.380. The minimum Gasteiger partial charge on any atom is -0.212 e. The van der Waals surface area contributed by atoms with Crippen molar-refractivity contribution in [2.24, 2.45) is 0 Å². The molecule has 0 saturated heterocycles. The highest BCUT2D eigenvalue weighted by molar-refractivity contribution is 7.88. The minimum atomic E-state index is -3.38. The smallest absolute Gasteiger partial charge is 0.212 e. The van der Waals surface area contributed by atoms with Crippen LogP contribution >= 0.6 is 0 Å². The molecule has 0 aliphatic carbocycles. The van der Waals surface area contributed by atoms with E-state index in [1.54, 1.807) is 31.3 Å². The van der Waals surface area contributed by atoms with E-state index in [9.17, 15) is 8.42 Å². The molecule has 98 valence electrons. The Bertz CT molecular complexity index is 546. The fourth-order valence-electron chi connectivity index (χ4n) is 1.58. The molecule has 18 heavy (non-hydrogen) atoms. The van der Waals surface area contributed by atoms with Crippen molar-refractivity contribution in [2.45, 2.75) is 32.1 Å². The molecule has 1 aromatic carbocycles. The summed E-state index contributed by atoms with van der Waals surface area (Å²) in [6.45, 7) is 3.81. The van der Waals surface area contributed by atoms with Crippen LogP contribution in [-0.2, 0) is 15.8 Å². The van der Waals surface area contributed by atoms with Crippen molar-refractivity contribution >= 4 is 10.0 Å². The van der Waals surface area contributed by atoms with Crippen LogP contribution < -0.4 is 0 Å². The van der Waals surface area contributed by atoms with Crippen LogP contribution in [0.1, 0.15) is 31.4 Å². The van der Waals surface area contributed by atoms with Gasteiger partial charge < -0.3 is 0 Å². The first-order chi connectivity index (χ1) is 8.42. The molecule has 1 aromatic rings. The van der Waals surface area contributed by atoms with Gasteiger partial charge in [-0.2, -0.15) is 5.26 Å². The molecule has 0 bridgehead atoms. The molecule has 4 nitrogen and oxygen atoms in total. The summed E-state index contributed by atoms with van der Waals surface area (Å²) >= 11 is 0. The van der Waals surface area contributed by atoms with Crippen LogP contribution in [0.15, 0.2) is 24.3 Å². The highest BCUT2D eigenvalue weighted by atomic mass is 32.2. The second-order valence-electron chi connectivity index (χ2n) is 4.30. The molecule has 0 heterocycles. The second-order valence-corrected chi connectivity index (χ2v) is 6.33. The van der Waals surface area contributed by atoms with Gasteiger partial charge in [0.25, 0.3) is 0 Å². The topological polar surface area (TPSA) is 61.2 Å². The van der Waals surface area contributed by atoms with Gasteiger partial charge in [0.1, 0.15) is 0 Å². The first-order valence-electron chi connectivity index (χ1n) is 5.86. The van der Waals surface area contributed by atoms with Crippen molar-refractivity contribution in [1.82, 2.24) is 4.31 Å². The van der Waals surface area contributed by atoms with E-state index in [4.69, 9.17) is 5.26 Å². The third kappa shape index (κ3) is 3.31. The number of hydrogen-bond donors (Lipinski definition) is 0. The van der Waals surface area contributed by atoms with Crippen LogP contribution in [0.25, 0.3) is 0 Å². The van der Waals surface area contributed by atoms with Gasteiger partial charge in [-0.05, 0) is 25.0 Å². The van der Waals surface area contributed by atoms with E-state index in [0.29, 0.717) is 11.1 Å². The Hall–Kier alpha value is -1.38. The SMILES string of the molecule is CCC(C)N(C)S(=O)(=O)Cc1ccccc1C#N. The van der Waals surface area contributed by atoms with Gasteiger partial charge in [-0.1, -0.05) is 25.1 Å². The first kappa shape index (κ1) is 14.7. The average molecular weight is 266 g/mol. The van der Waals surface area contributed by atoms with Crippen molar-refractivity contribution < 1.29 is 8.42 Å². The van der Waals surface area contributed by atoms with Crippen LogP contribution in [-0.4, -0.2) is 25.8 Å². The summed E-state index contributed by atoms with van der Waals surface area (Å²) < 4.78 is 25.7. The summed E-state index contributed by atoms with van der Waals surface area (Å²) in [6, 6.07) is 8.77. The highest BCUT2D eigenvalue weighted by Crippen LogP contribution is 2.16. The number of nitrogens with zero attached hydrogens (tertiary/aromatic N) is 2. The van der Waals surface area contributed by atoms with Gasteiger partial charge in [0.05, 0.1) is 17.4 Å². The Balaban J connectivity index is 3.00. The van der Waals surface area contributed by atoms with E-state index in [1.807, 2.05) is 19.9 Å². The third-order valence-electron chi connectivity index (χ3n) is 3.13. The zero-order valence-corrected chi connectivity index (χ0v) is 11.7. The maximum absolute atomic E-state index is 12.2. The maximum atomic E-state index is 12.2. The van der Waals surface area contributed by atoms with Gasteiger partial charge in [0, 0.05) is 13.1 Å². The summed E-state index contributed by atoms with van der Waals surface area (Å²) in [4.78, 5) is 0. The number of rotatable bonds is 5. The van der Waals surface area contributed by atoms with Crippen LogP contribution in [0.2, 0.25) is 0 Å². The Morgan fingerprint density at radius 3 is 2.56 bits per heavy atom. The van der Waals surface area contributed by atoms with Gasteiger partial charge in [-0.25, -0.2) is 12.7 Å². The van der Waals surface area contributed by atoms with Gasteiger partial charge in [-0.15, -0.1) is 0 Å². The summed E-state index contributed by atoms with van der Waals surface area (Å²) in [5.74, 6) is -0.127. The average Bonchev–Trinajstić information content (AvgIpc) is 2.37. The Morgan fingerprint density at radius 2 is 2.00 bits per heavy atom.